The molecule has 0 N–H and O–H groups in total. The maximum Gasteiger partial charge on any atom is 0.270 e. The number of hydrogen-bond donors (Lipinski definition) is 0. The molecule has 4 aromatic carbocycles. The number of nitrogens with zero attached hydrogens (tertiary/aromatic N) is 3. The second kappa shape index (κ2) is 16.5. The third-order valence-electron chi connectivity index (χ3n) is 8.89. The number of hydrogen-bond acceptors (Lipinski definition) is 6. The van der Waals surface area contributed by atoms with Gasteiger partial charge in [0.25, 0.3) is 5.91 Å². The quantitative estimate of drug-likeness (QED) is 0.0863. The number of amides is 1. The lowest BCUT2D eigenvalue weighted by Crippen LogP contribution is -2.49. The predicted octanol–water partition coefficient (Wildman–Crippen LogP) is 8.03. The van der Waals surface area contributed by atoms with Gasteiger partial charge in [0.2, 0.25) is 0 Å². The highest BCUT2D eigenvalue weighted by molar-refractivity contribution is 6.33. The van der Waals surface area contributed by atoms with Crippen LogP contribution in [-0.2, 0) is 16.0 Å². The van der Waals surface area contributed by atoms with E-state index in [0.717, 1.165) is 39.7 Å². The first-order chi connectivity index (χ1) is 24.0. The lowest BCUT2D eigenvalue weighted by Gasteiger charge is -2.37. The van der Waals surface area contributed by atoms with Crippen molar-refractivity contribution in [1.82, 2.24) is 9.47 Å². The Hall–Kier alpha value is -4.21. The van der Waals surface area contributed by atoms with Gasteiger partial charge in [0.15, 0.2) is 13.6 Å². The normalized spacial score (nSPS) is 13.3. The van der Waals surface area contributed by atoms with Crippen molar-refractivity contribution >= 4 is 45.7 Å². The third-order valence-corrected chi connectivity index (χ3v) is 9.48. The van der Waals surface area contributed by atoms with E-state index in [1.807, 2.05) is 65.6 Å². The molecule has 1 saturated heterocycles. The molecule has 0 bridgehead atoms. The molecule has 10 heteroatoms. The summed E-state index contributed by atoms with van der Waals surface area (Å²) in [4.78, 5) is 19.2. The maximum absolute atomic E-state index is 15.0. The van der Waals surface area contributed by atoms with E-state index in [0.29, 0.717) is 60.8 Å². The lowest BCUT2D eigenvalue weighted by molar-refractivity contribution is 0.0509. The molecular formula is C39H41Cl2N3O5. The fourth-order valence-electron chi connectivity index (χ4n) is 6.60. The van der Waals surface area contributed by atoms with E-state index < -0.39 is 0 Å². The van der Waals surface area contributed by atoms with Crippen LogP contribution in [0.4, 0.5) is 5.69 Å². The summed E-state index contributed by atoms with van der Waals surface area (Å²) in [6, 6.07) is 32.2. The van der Waals surface area contributed by atoms with Gasteiger partial charge in [0, 0.05) is 75.2 Å². The first-order valence-electron chi connectivity index (χ1n) is 16.4. The highest BCUT2D eigenvalue weighted by Crippen LogP contribution is 2.42. The summed E-state index contributed by atoms with van der Waals surface area (Å²) >= 11 is 12.8. The first kappa shape index (κ1) is 34.6. The molecule has 0 atom stereocenters. The minimum absolute atomic E-state index is 0.00433. The topological polar surface area (TPSA) is 65.4 Å². The summed E-state index contributed by atoms with van der Waals surface area (Å²) < 4.78 is 23.8. The Morgan fingerprint density at radius 1 is 0.755 bits per heavy atom. The van der Waals surface area contributed by atoms with Gasteiger partial charge in [-0.1, -0.05) is 66.2 Å². The molecule has 5 aromatic rings. The van der Waals surface area contributed by atoms with Gasteiger partial charge in [-0.2, -0.15) is 0 Å². The molecule has 0 unspecified atom stereocenters. The highest BCUT2D eigenvalue weighted by Gasteiger charge is 2.33. The van der Waals surface area contributed by atoms with Gasteiger partial charge in [-0.3, -0.25) is 4.79 Å². The molecule has 8 nitrogen and oxygen atoms in total. The van der Waals surface area contributed by atoms with Gasteiger partial charge in [-0.05, 0) is 60.0 Å². The predicted molar refractivity (Wildman–Crippen MR) is 196 cm³/mol. The number of para-hydroxylation sites is 2. The molecule has 0 aliphatic carbocycles. The molecule has 1 amide bonds. The zero-order chi connectivity index (χ0) is 34.2. The summed E-state index contributed by atoms with van der Waals surface area (Å²) in [6.07, 6.45) is 0.724. The van der Waals surface area contributed by atoms with E-state index >= 15 is 0 Å². The minimum atomic E-state index is -0.279. The number of rotatable bonds is 14. The molecule has 0 spiro atoms. The van der Waals surface area contributed by atoms with Gasteiger partial charge in [0.05, 0.1) is 10.7 Å². The van der Waals surface area contributed by atoms with Crippen LogP contribution >= 0.6 is 23.2 Å². The summed E-state index contributed by atoms with van der Waals surface area (Å²) in [7, 11) is 3.19. The van der Waals surface area contributed by atoms with Crippen LogP contribution in [0.25, 0.3) is 10.9 Å². The average Bonchev–Trinajstić information content (AvgIpc) is 3.47. The Morgan fingerprint density at radius 3 is 1.90 bits per heavy atom. The number of piperazine rings is 1. The Bertz CT molecular complexity index is 1790. The van der Waals surface area contributed by atoms with Crippen LogP contribution in [0.3, 0.4) is 0 Å². The summed E-state index contributed by atoms with van der Waals surface area (Å²) in [5, 5.41) is 1.74. The van der Waals surface area contributed by atoms with Crippen molar-refractivity contribution < 1.29 is 23.7 Å². The SMILES string of the molecule is COCOc1ccc(C(c2ccc(OCOC)cc2)c2c(C(=O)N3CCN(c4ccccc4Cl)CC3)n(CCCCl)c3ccccc23)cc1. The van der Waals surface area contributed by atoms with E-state index in [-0.39, 0.29) is 25.4 Å². The average molecular weight is 703 g/mol. The summed E-state index contributed by atoms with van der Waals surface area (Å²) in [5.41, 5.74) is 5.68. The molecule has 2 heterocycles. The fourth-order valence-corrected chi connectivity index (χ4v) is 6.98. The molecule has 1 aliphatic heterocycles. The number of halogens is 2. The Kier molecular flexibility index (Phi) is 11.6. The van der Waals surface area contributed by atoms with Gasteiger partial charge in [0.1, 0.15) is 17.2 Å². The number of benzene rings is 4. The number of aromatic nitrogens is 1. The molecule has 1 aromatic heterocycles. The Balaban J connectivity index is 1.46. The van der Waals surface area contributed by atoms with Crippen molar-refractivity contribution in [3.63, 3.8) is 0 Å². The van der Waals surface area contributed by atoms with Crippen LogP contribution in [0.15, 0.2) is 97.1 Å². The Labute approximate surface area is 297 Å². The van der Waals surface area contributed by atoms with Gasteiger partial charge >= 0.3 is 0 Å². The number of anilines is 1. The second-order valence-corrected chi connectivity index (χ2v) is 12.7. The number of carbonyl (C=O) groups is 1. The van der Waals surface area contributed by atoms with Crippen LogP contribution in [-0.4, -0.2) is 75.2 Å². The van der Waals surface area contributed by atoms with Crippen molar-refractivity contribution in [2.24, 2.45) is 0 Å². The highest BCUT2D eigenvalue weighted by atomic mass is 35.5. The largest absolute Gasteiger partial charge is 0.468 e. The molecule has 6 rings (SSSR count). The van der Waals surface area contributed by atoms with Crippen LogP contribution in [0.1, 0.15) is 39.5 Å². The molecule has 49 heavy (non-hydrogen) atoms. The van der Waals surface area contributed by atoms with E-state index in [2.05, 4.69) is 45.9 Å². The molecule has 1 fully saturated rings. The van der Waals surface area contributed by atoms with E-state index in [4.69, 9.17) is 42.1 Å². The van der Waals surface area contributed by atoms with E-state index in [1.165, 1.54) is 0 Å². The van der Waals surface area contributed by atoms with Gasteiger partial charge in [-0.15, -0.1) is 11.6 Å². The second-order valence-electron chi connectivity index (χ2n) is 11.9. The van der Waals surface area contributed by atoms with E-state index in [9.17, 15) is 4.79 Å². The molecule has 0 saturated carbocycles. The van der Waals surface area contributed by atoms with Crippen LogP contribution in [0.5, 0.6) is 11.5 Å². The number of aryl methyl sites for hydroxylation is 1. The number of carbonyl (C=O) groups excluding carboxylic acids is 1. The summed E-state index contributed by atoms with van der Waals surface area (Å²) in [6.45, 7) is 3.43. The Morgan fingerprint density at radius 2 is 1.33 bits per heavy atom. The van der Waals surface area contributed by atoms with Crippen molar-refractivity contribution in [2.45, 2.75) is 18.9 Å². The van der Waals surface area contributed by atoms with Crippen molar-refractivity contribution in [1.29, 1.82) is 0 Å². The van der Waals surface area contributed by atoms with Gasteiger partial charge < -0.3 is 33.3 Å². The number of alkyl halides is 1. The van der Waals surface area contributed by atoms with E-state index in [1.54, 1.807) is 14.2 Å². The standard InChI is InChI=1S/C39H41Cl2N3O5/c1-46-26-48-30-16-12-28(13-17-30)36(29-14-18-31(19-15-29)49-27-47-2)37-32-8-3-5-10-34(32)44(21-7-20-40)38(37)39(45)43-24-22-42(23-25-43)35-11-6-4-9-33(35)41/h3-6,8-19,36H,7,20-27H2,1-2H3. The monoisotopic (exact) mass is 701 g/mol. The fraction of sp³-hybridized carbons (Fsp3) is 0.308. The molecule has 1 aliphatic rings. The molecule has 256 valence electrons. The minimum Gasteiger partial charge on any atom is -0.468 e. The zero-order valence-corrected chi connectivity index (χ0v) is 29.3. The van der Waals surface area contributed by atoms with Crippen molar-refractivity contribution in [3.05, 3.63) is 124 Å². The van der Waals surface area contributed by atoms with Gasteiger partial charge in [-0.25, -0.2) is 0 Å². The van der Waals surface area contributed by atoms with Crippen molar-refractivity contribution in [2.75, 3.05) is 64.8 Å². The lowest BCUT2D eigenvalue weighted by atomic mass is 9.83. The maximum atomic E-state index is 15.0. The number of ether oxygens (including phenoxy) is 4. The number of fused-ring (bicyclic) bond motifs is 1. The third kappa shape index (κ3) is 7.68. The van der Waals surface area contributed by atoms with Crippen LogP contribution in [0.2, 0.25) is 5.02 Å². The zero-order valence-electron chi connectivity index (χ0n) is 27.8. The van der Waals surface area contributed by atoms with Crippen LogP contribution in [0, 0.1) is 0 Å². The molecular weight excluding hydrogens is 661 g/mol. The first-order valence-corrected chi connectivity index (χ1v) is 17.3. The van der Waals surface area contributed by atoms with Crippen LogP contribution < -0.4 is 14.4 Å². The van der Waals surface area contributed by atoms with Crippen molar-refractivity contribution in [3.8, 4) is 11.5 Å². The molecule has 0 radical (unpaired) electrons. The summed E-state index contributed by atoms with van der Waals surface area (Å²) in [5.74, 6) is 1.61. The number of methoxy groups -OCH3 is 2. The smallest absolute Gasteiger partial charge is 0.270 e.